The van der Waals surface area contributed by atoms with E-state index in [1.165, 1.54) is 0 Å². The summed E-state index contributed by atoms with van der Waals surface area (Å²) >= 11 is 5.96. The van der Waals surface area contributed by atoms with Gasteiger partial charge in [-0.1, -0.05) is 17.7 Å². The summed E-state index contributed by atoms with van der Waals surface area (Å²) in [4.78, 5) is 17.5. The van der Waals surface area contributed by atoms with Gasteiger partial charge in [0.1, 0.15) is 5.15 Å². The highest BCUT2D eigenvalue weighted by molar-refractivity contribution is 6.30. The lowest BCUT2D eigenvalue weighted by atomic mass is 10.2. The Morgan fingerprint density at radius 2 is 2.41 bits per heavy atom. The average Bonchev–Trinajstić information content (AvgIpc) is 3.05. The number of amides is 1. The maximum Gasteiger partial charge on any atom is 0.234 e. The fourth-order valence-corrected chi connectivity index (χ4v) is 1.81. The fraction of sp³-hybridized carbons (Fsp3) is 0.500. The smallest absolute Gasteiger partial charge is 0.234 e. The van der Waals surface area contributed by atoms with Crippen molar-refractivity contribution in [2.24, 2.45) is 0 Å². The summed E-state index contributed by atoms with van der Waals surface area (Å²) in [5, 5.41) is 3.46. The number of halogens is 1. The molecule has 2 rings (SSSR count). The molecule has 1 aliphatic rings. The third-order valence-corrected chi connectivity index (χ3v) is 2.97. The van der Waals surface area contributed by atoms with E-state index in [9.17, 15) is 4.79 Å². The van der Waals surface area contributed by atoms with E-state index in [0.717, 1.165) is 18.4 Å². The molecule has 0 atom stereocenters. The number of nitrogens with one attached hydrogen (secondary N) is 1. The summed E-state index contributed by atoms with van der Waals surface area (Å²) in [6.07, 6.45) is 3.89. The van der Waals surface area contributed by atoms with Crippen molar-refractivity contribution in [3.8, 4) is 0 Å². The van der Waals surface area contributed by atoms with Gasteiger partial charge in [-0.05, 0) is 26.0 Å². The standard InChI is InChI=1S/C12H16ClN3O/c1-16(8-11(17)15-10-4-5-10)7-9-3-2-6-14-12(9)13/h2-3,6,10H,4-5,7-8H2,1H3,(H,15,17). The summed E-state index contributed by atoms with van der Waals surface area (Å²) in [5.74, 6) is 0.0787. The maximum atomic E-state index is 11.6. The SMILES string of the molecule is CN(CC(=O)NC1CC1)Cc1cccnc1Cl. The molecule has 0 radical (unpaired) electrons. The molecule has 0 aliphatic heterocycles. The van der Waals surface area contributed by atoms with Gasteiger partial charge in [-0.15, -0.1) is 0 Å². The Hall–Kier alpha value is -1.13. The van der Waals surface area contributed by atoms with E-state index < -0.39 is 0 Å². The molecule has 92 valence electrons. The number of hydrogen-bond acceptors (Lipinski definition) is 3. The first-order valence-corrected chi connectivity index (χ1v) is 6.10. The van der Waals surface area contributed by atoms with Crippen LogP contribution in [0.4, 0.5) is 0 Å². The van der Waals surface area contributed by atoms with Crippen molar-refractivity contribution < 1.29 is 4.79 Å². The monoisotopic (exact) mass is 253 g/mol. The average molecular weight is 254 g/mol. The number of likely N-dealkylation sites (N-methyl/N-ethyl adjacent to an activating group) is 1. The summed E-state index contributed by atoms with van der Waals surface area (Å²) in [7, 11) is 1.90. The second kappa shape index (κ2) is 5.47. The number of rotatable bonds is 5. The van der Waals surface area contributed by atoms with Gasteiger partial charge < -0.3 is 5.32 Å². The van der Waals surface area contributed by atoms with Crippen molar-refractivity contribution in [2.75, 3.05) is 13.6 Å². The zero-order valence-corrected chi connectivity index (χ0v) is 10.6. The molecule has 0 bridgehead atoms. The number of pyridine rings is 1. The Balaban J connectivity index is 1.81. The summed E-state index contributed by atoms with van der Waals surface area (Å²) in [5.41, 5.74) is 0.941. The molecule has 4 nitrogen and oxygen atoms in total. The molecule has 1 aliphatic carbocycles. The van der Waals surface area contributed by atoms with Crippen molar-refractivity contribution in [2.45, 2.75) is 25.4 Å². The minimum atomic E-state index is 0.0787. The van der Waals surface area contributed by atoms with Gasteiger partial charge in [-0.3, -0.25) is 9.69 Å². The molecule has 1 aromatic heterocycles. The van der Waals surface area contributed by atoms with Crippen LogP contribution >= 0.6 is 11.6 Å². The van der Waals surface area contributed by atoms with Crippen LogP contribution in [0.25, 0.3) is 0 Å². The minimum Gasteiger partial charge on any atom is -0.352 e. The Labute approximate surface area is 106 Å². The third-order valence-electron chi connectivity index (χ3n) is 2.63. The number of hydrogen-bond donors (Lipinski definition) is 1. The van der Waals surface area contributed by atoms with E-state index in [1.54, 1.807) is 6.20 Å². The Morgan fingerprint density at radius 1 is 1.65 bits per heavy atom. The van der Waals surface area contributed by atoms with Gasteiger partial charge >= 0.3 is 0 Å². The molecule has 17 heavy (non-hydrogen) atoms. The molecule has 1 fully saturated rings. The van der Waals surface area contributed by atoms with Crippen LogP contribution < -0.4 is 5.32 Å². The lowest BCUT2D eigenvalue weighted by molar-refractivity contribution is -0.122. The van der Waals surface area contributed by atoms with Crippen molar-refractivity contribution in [1.29, 1.82) is 0 Å². The van der Waals surface area contributed by atoms with Crippen LogP contribution in [0.3, 0.4) is 0 Å². The maximum absolute atomic E-state index is 11.6. The van der Waals surface area contributed by atoms with E-state index in [2.05, 4.69) is 10.3 Å². The second-order valence-corrected chi connectivity index (χ2v) is 4.83. The van der Waals surface area contributed by atoms with Crippen molar-refractivity contribution >= 4 is 17.5 Å². The molecule has 1 amide bonds. The highest BCUT2D eigenvalue weighted by Gasteiger charge is 2.23. The lowest BCUT2D eigenvalue weighted by Crippen LogP contribution is -2.36. The summed E-state index contributed by atoms with van der Waals surface area (Å²) in [6, 6.07) is 4.18. The van der Waals surface area contributed by atoms with Gasteiger partial charge in [-0.25, -0.2) is 4.98 Å². The van der Waals surface area contributed by atoms with Gasteiger partial charge in [-0.2, -0.15) is 0 Å². The van der Waals surface area contributed by atoms with Crippen LogP contribution in [-0.4, -0.2) is 35.4 Å². The van der Waals surface area contributed by atoms with E-state index in [0.29, 0.717) is 24.3 Å². The number of aromatic nitrogens is 1. The predicted molar refractivity (Wildman–Crippen MR) is 66.7 cm³/mol. The first-order valence-electron chi connectivity index (χ1n) is 5.72. The normalized spacial score (nSPS) is 15.0. The number of nitrogens with zero attached hydrogens (tertiary/aromatic N) is 2. The molecule has 1 aromatic rings. The molecule has 1 saturated carbocycles. The van der Waals surface area contributed by atoms with Crippen LogP contribution in [0.15, 0.2) is 18.3 Å². The molecule has 0 aromatic carbocycles. The molecule has 0 spiro atoms. The molecule has 1 N–H and O–H groups in total. The third kappa shape index (κ3) is 3.98. The van der Waals surface area contributed by atoms with Crippen molar-refractivity contribution in [1.82, 2.24) is 15.2 Å². The first kappa shape index (κ1) is 12.3. The van der Waals surface area contributed by atoms with E-state index >= 15 is 0 Å². The Kier molecular flexibility index (Phi) is 3.97. The molecule has 0 saturated heterocycles. The molecule has 5 heteroatoms. The molecular formula is C12H16ClN3O. The zero-order valence-electron chi connectivity index (χ0n) is 9.82. The van der Waals surface area contributed by atoms with Gasteiger partial charge in [0.15, 0.2) is 0 Å². The highest BCUT2D eigenvalue weighted by Crippen LogP contribution is 2.18. The Bertz CT molecular complexity index is 406. The van der Waals surface area contributed by atoms with Crippen LogP contribution in [0, 0.1) is 0 Å². The van der Waals surface area contributed by atoms with E-state index in [-0.39, 0.29) is 5.91 Å². The molecule has 1 heterocycles. The zero-order chi connectivity index (χ0) is 12.3. The van der Waals surface area contributed by atoms with Gasteiger partial charge in [0.2, 0.25) is 5.91 Å². The van der Waals surface area contributed by atoms with Gasteiger partial charge in [0.25, 0.3) is 0 Å². The summed E-state index contributed by atoms with van der Waals surface area (Å²) < 4.78 is 0. The van der Waals surface area contributed by atoms with Crippen LogP contribution in [-0.2, 0) is 11.3 Å². The van der Waals surface area contributed by atoms with Crippen molar-refractivity contribution in [3.63, 3.8) is 0 Å². The predicted octanol–water partition coefficient (Wildman–Crippen LogP) is 1.45. The van der Waals surface area contributed by atoms with Crippen molar-refractivity contribution in [3.05, 3.63) is 29.0 Å². The fourth-order valence-electron chi connectivity index (χ4n) is 1.63. The first-order chi connectivity index (χ1) is 8.15. The Morgan fingerprint density at radius 3 is 3.06 bits per heavy atom. The topological polar surface area (TPSA) is 45.2 Å². The molecular weight excluding hydrogens is 238 g/mol. The largest absolute Gasteiger partial charge is 0.352 e. The number of carbonyl (C=O) groups is 1. The van der Waals surface area contributed by atoms with Gasteiger partial charge in [0.05, 0.1) is 6.54 Å². The van der Waals surface area contributed by atoms with E-state index in [4.69, 9.17) is 11.6 Å². The van der Waals surface area contributed by atoms with E-state index in [1.807, 2.05) is 24.1 Å². The molecule has 0 unspecified atom stereocenters. The number of carbonyl (C=O) groups excluding carboxylic acids is 1. The second-order valence-electron chi connectivity index (χ2n) is 4.47. The lowest BCUT2D eigenvalue weighted by Gasteiger charge is -2.16. The summed E-state index contributed by atoms with van der Waals surface area (Å²) in [6.45, 7) is 1.02. The quantitative estimate of drug-likeness (QED) is 0.808. The van der Waals surface area contributed by atoms with Crippen LogP contribution in [0.5, 0.6) is 0 Å². The highest BCUT2D eigenvalue weighted by atomic mass is 35.5. The minimum absolute atomic E-state index is 0.0787. The van der Waals surface area contributed by atoms with Crippen LogP contribution in [0.2, 0.25) is 5.15 Å². The van der Waals surface area contributed by atoms with Crippen LogP contribution in [0.1, 0.15) is 18.4 Å². The van der Waals surface area contributed by atoms with Gasteiger partial charge in [0, 0.05) is 24.3 Å².